The third kappa shape index (κ3) is 4.05. The van der Waals surface area contributed by atoms with Gasteiger partial charge in [0, 0.05) is 18.2 Å². The molecule has 2 nitrogen and oxygen atoms in total. The van der Waals surface area contributed by atoms with E-state index in [0.29, 0.717) is 19.2 Å². The van der Waals surface area contributed by atoms with Gasteiger partial charge in [0.25, 0.3) is 0 Å². The zero-order valence-corrected chi connectivity index (χ0v) is 12.8. The van der Waals surface area contributed by atoms with Crippen LogP contribution in [0, 0.1) is 5.82 Å². The van der Waals surface area contributed by atoms with Crippen molar-refractivity contribution in [2.45, 2.75) is 33.4 Å². The van der Waals surface area contributed by atoms with Crippen LogP contribution in [0.2, 0.25) is 0 Å². The van der Waals surface area contributed by atoms with Crippen LogP contribution in [-0.4, -0.2) is 12.6 Å². The Hall–Kier alpha value is -1.87. The quantitative estimate of drug-likeness (QED) is 0.850. The highest BCUT2D eigenvalue weighted by atomic mass is 19.1. The highest BCUT2D eigenvalue weighted by Gasteiger charge is 2.11. The molecule has 0 aromatic heterocycles. The smallest absolute Gasteiger partial charge is 0.127 e. The molecule has 0 spiro atoms. The minimum Gasteiger partial charge on any atom is -0.493 e. The fraction of sp³-hybridized carbons (Fsp3) is 0.333. The first-order valence-corrected chi connectivity index (χ1v) is 7.35. The number of nitrogens with one attached hydrogen (secondary N) is 1. The number of para-hydroxylation sites is 1. The van der Waals surface area contributed by atoms with Crippen LogP contribution >= 0.6 is 0 Å². The molecule has 1 N–H and O–H groups in total. The molecule has 0 bridgehead atoms. The number of rotatable bonds is 6. The Labute approximate surface area is 126 Å². The van der Waals surface area contributed by atoms with Crippen LogP contribution in [0.1, 0.15) is 26.3 Å². The van der Waals surface area contributed by atoms with Crippen LogP contribution in [0.5, 0.6) is 5.75 Å². The Balaban J connectivity index is 2.44. The normalized spacial score (nSPS) is 10.9. The summed E-state index contributed by atoms with van der Waals surface area (Å²) in [4.78, 5) is 0. The number of halogens is 1. The molecule has 0 saturated heterocycles. The Morgan fingerprint density at radius 1 is 1.10 bits per heavy atom. The fourth-order valence-electron chi connectivity index (χ4n) is 2.24. The second-order valence-electron chi connectivity index (χ2n) is 5.27. The van der Waals surface area contributed by atoms with Gasteiger partial charge in [0.05, 0.1) is 6.61 Å². The summed E-state index contributed by atoms with van der Waals surface area (Å²) in [6.45, 7) is 7.43. The van der Waals surface area contributed by atoms with Crippen LogP contribution < -0.4 is 10.1 Å². The molecule has 2 rings (SSSR count). The van der Waals surface area contributed by atoms with Gasteiger partial charge in [-0.2, -0.15) is 0 Å². The monoisotopic (exact) mass is 287 g/mol. The van der Waals surface area contributed by atoms with Gasteiger partial charge in [-0.1, -0.05) is 38.1 Å². The van der Waals surface area contributed by atoms with Crippen LogP contribution in [0.15, 0.2) is 42.5 Å². The molecule has 3 heteroatoms. The van der Waals surface area contributed by atoms with E-state index in [-0.39, 0.29) is 5.82 Å². The summed E-state index contributed by atoms with van der Waals surface area (Å²) in [5.41, 5.74) is 2.88. The minimum absolute atomic E-state index is 0.232. The number of hydrogen-bond acceptors (Lipinski definition) is 2. The van der Waals surface area contributed by atoms with Crippen LogP contribution in [-0.2, 0) is 6.54 Å². The molecule has 2 aromatic carbocycles. The van der Waals surface area contributed by atoms with E-state index >= 15 is 0 Å². The summed E-state index contributed by atoms with van der Waals surface area (Å²) < 4.78 is 19.4. The third-order valence-electron chi connectivity index (χ3n) is 3.25. The van der Waals surface area contributed by atoms with Crippen molar-refractivity contribution in [3.63, 3.8) is 0 Å². The maximum absolute atomic E-state index is 13.7. The maximum atomic E-state index is 13.7. The molecule has 0 heterocycles. The van der Waals surface area contributed by atoms with Gasteiger partial charge in [0.2, 0.25) is 0 Å². The summed E-state index contributed by atoms with van der Waals surface area (Å²) in [6.07, 6.45) is 0. The molecule has 0 fully saturated rings. The van der Waals surface area contributed by atoms with E-state index in [1.165, 1.54) is 6.07 Å². The molecule has 2 aromatic rings. The summed E-state index contributed by atoms with van der Waals surface area (Å²) >= 11 is 0. The van der Waals surface area contributed by atoms with E-state index in [1.54, 1.807) is 6.07 Å². The number of ether oxygens (including phenoxy) is 1. The van der Waals surface area contributed by atoms with E-state index < -0.39 is 0 Å². The zero-order valence-electron chi connectivity index (χ0n) is 12.8. The van der Waals surface area contributed by atoms with Gasteiger partial charge >= 0.3 is 0 Å². The molecular weight excluding hydrogens is 265 g/mol. The lowest BCUT2D eigenvalue weighted by atomic mass is 9.98. The van der Waals surface area contributed by atoms with Crippen LogP contribution in [0.4, 0.5) is 4.39 Å². The molecule has 0 aliphatic rings. The van der Waals surface area contributed by atoms with Crippen molar-refractivity contribution in [3.8, 4) is 16.9 Å². The zero-order chi connectivity index (χ0) is 15.2. The predicted octanol–water partition coefficient (Wildman–Crippen LogP) is 4.39. The second-order valence-corrected chi connectivity index (χ2v) is 5.27. The van der Waals surface area contributed by atoms with E-state index in [4.69, 9.17) is 4.74 Å². The average Bonchev–Trinajstić information content (AvgIpc) is 2.47. The fourth-order valence-corrected chi connectivity index (χ4v) is 2.24. The van der Waals surface area contributed by atoms with Gasteiger partial charge in [-0.15, -0.1) is 0 Å². The first-order valence-electron chi connectivity index (χ1n) is 7.35. The van der Waals surface area contributed by atoms with E-state index in [2.05, 4.69) is 19.2 Å². The SMILES string of the molecule is CCOc1ccccc1-c1cc(F)ccc1CNC(C)C. The van der Waals surface area contributed by atoms with E-state index in [1.807, 2.05) is 37.3 Å². The van der Waals surface area contributed by atoms with E-state index in [0.717, 1.165) is 22.4 Å². The molecule has 112 valence electrons. The van der Waals surface area contributed by atoms with Crippen molar-refractivity contribution in [2.75, 3.05) is 6.61 Å². The molecule has 0 aliphatic carbocycles. The Bertz CT molecular complexity index is 596. The first kappa shape index (κ1) is 15.5. The van der Waals surface area contributed by atoms with Crippen molar-refractivity contribution < 1.29 is 9.13 Å². The molecule has 0 aliphatic heterocycles. The molecule has 0 radical (unpaired) electrons. The molecular formula is C18H22FNO. The molecule has 0 amide bonds. The first-order chi connectivity index (χ1) is 10.1. The number of hydrogen-bond donors (Lipinski definition) is 1. The minimum atomic E-state index is -0.232. The lowest BCUT2D eigenvalue weighted by Crippen LogP contribution is -2.22. The van der Waals surface area contributed by atoms with Crippen molar-refractivity contribution in [1.29, 1.82) is 0 Å². The second kappa shape index (κ2) is 7.23. The summed E-state index contributed by atoms with van der Waals surface area (Å²) in [5, 5.41) is 3.38. The maximum Gasteiger partial charge on any atom is 0.127 e. The molecule has 21 heavy (non-hydrogen) atoms. The van der Waals surface area contributed by atoms with Crippen LogP contribution in [0.3, 0.4) is 0 Å². The van der Waals surface area contributed by atoms with Crippen molar-refractivity contribution >= 4 is 0 Å². The highest BCUT2D eigenvalue weighted by molar-refractivity contribution is 5.73. The lowest BCUT2D eigenvalue weighted by Gasteiger charge is -2.16. The summed E-state index contributed by atoms with van der Waals surface area (Å²) in [6, 6.07) is 13.1. The van der Waals surface area contributed by atoms with Gasteiger partial charge < -0.3 is 10.1 Å². The van der Waals surface area contributed by atoms with Gasteiger partial charge in [-0.05, 0) is 36.2 Å². The van der Waals surface area contributed by atoms with Crippen molar-refractivity contribution in [3.05, 3.63) is 53.8 Å². The Kier molecular flexibility index (Phi) is 5.34. The average molecular weight is 287 g/mol. The Morgan fingerprint density at radius 2 is 1.86 bits per heavy atom. The van der Waals surface area contributed by atoms with Gasteiger partial charge in [0.1, 0.15) is 11.6 Å². The highest BCUT2D eigenvalue weighted by Crippen LogP contribution is 2.33. The topological polar surface area (TPSA) is 21.3 Å². The van der Waals surface area contributed by atoms with Gasteiger partial charge in [0.15, 0.2) is 0 Å². The number of benzene rings is 2. The summed E-state index contributed by atoms with van der Waals surface area (Å²) in [7, 11) is 0. The van der Waals surface area contributed by atoms with Crippen molar-refractivity contribution in [2.24, 2.45) is 0 Å². The van der Waals surface area contributed by atoms with Crippen LogP contribution in [0.25, 0.3) is 11.1 Å². The lowest BCUT2D eigenvalue weighted by molar-refractivity contribution is 0.341. The summed E-state index contributed by atoms with van der Waals surface area (Å²) in [5.74, 6) is 0.556. The largest absolute Gasteiger partial charge is 0.493 e. The molecule has 0 atom stereocenters. The van der Waals surface area contributed by atoms with Crippen molar-refractivity contribution in [1.82, 2.24) is 5.32 Å². The van der Waals surface area contributed by atoms with Gasteiger partial charge in [-0.3, -0.25) is 0 Å². The standard InChI is InChI=1S/C18H22FNO/c1-4-21-18-8-6-5-7-16(18)17-11-15(19)10-9-14(17)12-20-13(2)3/h5-11,13,20H,4,12H2,1-3H3. The predicted molar refractivity (Wildman–Crippen MR) is 85.0 cm³/mol. The van der Waals surface area contributed by atoms with E-state index in [9.17, 15) is 4.39 Å². The Morgan fingerprint density at radius 3 is 2.57 bits per heavy atom. The third-order valence-corrected chi connectivity index (χ3v) is 3.25. The molecule has 0 saturated carbocycles. The molecule has 0 unspecified atom stereocenters. The van der Waals surface area contributed by atoms with Gasteiger partial charge in [-0.25, -0.2) is 4.39 Å².